The Balaban J connectivity index is 1.46. The number of hydrogen-bond acceptors (Lipinski definition) is 5. The topological polar surface area (TPSA) is 91.6 Å². The highest BCUT2D eigenvalue weighted by Crippen LogP contribution is 2.35. The van der Waals surface area contributed by atoms with Crippen LogP contribution in [0, 0.1) is 11.6 Å². The molecule has 0 saturated carbocycles. The third-order valence-corrected chi connectivity index (χ3v) is 7.96. The van der Waals surface area contributed by atoms with Crippen LogP contribution in [0.25, 0.3) is 0 Å². The van der Waals surface area contributed by atoms with Crippen LogP contribution in [0.2, 0.25) is 5.02 Å². The van der Waals surface area contributed by atoms with E-state index in [1.54, 1.807) is 35.7 Å². The first-order valence-electron chi connectivity index (χ1n) is 12.8. The SMILES string of the molecule is CC(c1ccc(C(C)(C)O)nc1)N1C[C@@H](C)n2nc3c(c2C1=O)CN(C(=O)c1ccc(Cl)c(F)c1F)[C@H](C)C3. The van der Waals surface area contributed by atoms with Gasteiger partial charge in [0, 0.05) is 30.8 Å². The van der Waals surface area contributed by atoms with Gasteiger partial charge in [-0.1, -0.05) is 17.7 Å². The fraction of sp³-hybridized carbons (Fsp3) is 0.429. The number of nitrogens with zero attached hydrogens (tertiary/aromatic N) is 5. The Morgan fingerprint density at radius 1 is 1.15 bits per heavy atom. The van der Waals surface area contributed by atoms with Crippen LogP contribution in [-0.2, 0) is 18.6 Å². The molecule has 39 heavy (non-hydrogen) atoms. The summed E-state index contributed by atoms with van der Waals surface area (Å²) in [7, 11) is 0. The summed E-state index contributed by atoms with van der Waals surface area (Å²) in [4.78, 5) is 34.8. The molecule has 206 valence electrons. The van der Waals surface area contributed by atoms with E-state index in [-0.39, 0.29) is 30.6 Å². The molecule has 1 aromatic carbocycles. The number of aliphatic hydroxyl groups is 1. The Labute approximate surface area is 230 Å². The van der Waals surface area contributed by atoms with Crippen LogP contribution in [0.3, 0.4) is 0 Å². The van der Waals surface area contributed by atoms with Crippen LogP contribution in [0.15, 0.2) is 30.5 Å². The molecule has 0 bridgehead atoms. The second kappa shape index (κ2) is 9.67. The quantitative estimate of drug-likeness (QED) is 0.465. The Morgan fingerprint density at radius 3 is 2.51 bits per heavy atom. The van der Waals surface area contributed by atoms with Gasteiger partial charge >= 0.3 is 0 Å². The summed E-state index contributed by atoms with van der Waals surface area (Å²) >= 11 is 5.67. The predicted octanol–water partition coefficient (Wildman–Crippen LogP) is 4.80. The Kier molecular flexibility index (Phi) is 6.75. The van der Waals surface area contributed by atoms with Crippen molar-refractivity contribution >= 4 is 23.4 Å². The minimum atomic E-state index is -1.29. The molecule has 2 amide bonds. The lowest BCUT2D eigenvalue weighted by Crippen LogP contribution is -2.45. The molecule has 1 unspecified atom stereocenters. The molecule has 2 aliphatic heterocycles. The lowest BCUT2D eigenvalue weighted by atomic mass is 9.96. The Morgan fingerprint density at radius 2 is 1.87 bits per heavy atom. The maximum Gasteiger partial charge on any atom is 0.273 e. The van der Waals surface area contributed by atoms with Crippen molar-refractivity contribution in [3.8, 4) is 0 Å². The number of rotatable bonds is 4. The summed E-state index contributed by atoms with van der Waals surface area (Å²) < 4.78 is 30.4. The average molecular weight is 558 g/mol. The maximum atomic E-state index is 14.6. The molecule has 0 fully saturated rings. The normalized spacial score (nSPS) is 20.1. The van der Waals surface area contributed by atoms with Crippen molar-refractivity contribution < 1.29 is 23.5 Å². The van der Waals surface area contributed by atoms with Crippen LogP contribution >= 0.6 is 11.6 Å². The van der Waals surface area contributed by atoms with Gasteiger partial charge in [0.05, 0.1) is 40.6 Å². The number of benzene rings is 1. The average Bonchev–Trinajstić information content (AvgIpc) is 3.27. The molecule has 5 rings (SSSR count). The maximum absolute atomic E-state index is 14.6. The van der Waals surface area contributed by atoms with E-state index in [1.807, 2.05) is 26.8 Å². The fourth-order valence-electron chi connectivity index (χ4n) is 5.33. The number of hydrogen-bond donors (Lipinski definition) is 1. The molecule has 0 spiro atoms. The van der Waals surface area contributed by atoms with Gasteiger partial charge in [-0.15, -0.1) is 0 Å². The lowest BCUT2D eigenvalue weighted by molar-refractivity contribution is 0.0571. The van der Waals surface area contributed by atoms with Gasteiger partial charge in [0.1, 0.15) is 11.3 Å². The molecular formula is C28H30ClF2N5O3. The van der Waals surface area contributed by atoms with Crippen LogP contribution in [0.1, 0.15) is 90.1 Å². The smallest absolute Gasteiger partial charge is 0.273 e. The highest BCUT2D eigenvalue weighted by atomic mass is 35.5. The van der Waals surface area contributed by atoms with Crippen LogP contribution in [0.4, 0.5) is 8.78 Å². The molecule has 3 atom stereocenters. The second-order valence-corrected chi connectivity index (χ2v) is 11.4. The predicted molar refractivity (Wildman–Crippen MR) is 140 cm³/mol. The summed E-state index contributed by atoms with van der Waals surface area (Å²) in [5.74, 6) is -3.47. The van der Waals surface area contributed by atoms with E-state index in [1.165, 1.54) is 11.0 Å². The first-order valence-corrected chi connectivity index (χ1v) is 13.2. The minimum Gasteiger partial charge on any atom is -0.384 e. The minimum absolute atomic E-state index is 0.0386. The number of aromatic nitrogens is 3. The first kappa shape index (κ1) is 27.2. The highest BCUT2D eigenvalue weighted by molar-refractivity contribution is 6.30. The molecule has 4 heterocycles. The van der Waals surface area contributed by atoms with Gasteiger partial charge in [-0.25, -0.2) is 8.78 Å². The highest BCUT2D eigenvalue weighted by Gasteiger charge is 2.41. The molecule has 2 aliphatic rings. The third kappa shape index (κ3) is 4.59. The lowest BCUT2D eigenvalue weighted by Gasteiger charge is -2.37. The number of carbonyl (C=O) groups excluding carboxylic acids is 2. The zero-order valence-electron chi connectivity index (χ0n) is 22.4. The molecule has 2 aromatic heterocycles. The van der Waals surface area contributed by atoms with Crippen molar-refractivity contribution in [3.05, 3.63) is 80.9 Å². The van der Waals surface area contributed by atoms with Gasteiger partial charge < -0.3 is 14.9 Å². The Hall–Kier alpha value is -3.37. The van der Waals surface area contributed by atoms with E-state index in [0.717, 1.165) is 17.3 Å². The van der Waals surface area contributed by atoms with E-state index >= 15 is 0 Å². The van der Waals surface area contributed by atoms with Gasteiger partial charge in [-0.3, -0.25) is 19.3 Å². The largest absolute Gasteiger partial charge is 0.384 e. The van der Waals surface area contributed by atoms with E-state index in [4.69, 9.17) is 16.7 Å². The van der Waals surface area contributed by atoms with E-state index in [2.05, 4.69) is 4.98 Å². The Bertz CT molecular complexity index is 1470. The molecule has 0 saturated heterocycles. The van der Waals surface area contributed by atoms with E-state index < -0.39 is 33.7 Å². The molecular weight excluding hydrogens is 528 g/mol. The number of amides is 2. The van der Waals surface area contributed by atoms with Crippen molar-refractivity contribution in [2.45, 2.75) is 71.3 Å². The summed E-state index contributed by atoms with van der Waals surface area (Å²) in [6.45, 7) is 9.48. The van der Waals surface area contributed by atoms with Gasteiger partial charge in [0.15, 0.2) is 11.6 Å². The third-order valence-electron chi connectivity index (χ3n) is 7.67. The van der Waals surface area contributed by atoms with Gasteiger partial charge in [0.25, 0.3) is 11.8 Å². The molecule has 0 radical (unpaired) electrons. The summed E-state index contributed by atoms with van der Waals surface area (Å²) in [5.41, 5.74) is 1.57. The van der Waals surface area contributed by atoms with Crippen molar-refractivity contribution in [1.29, 1.82) is 0 Å². The van der Waals surface area contributed by atoms with E-state index in [9.17, 15) is 23.5 Å². The van der Waals surface area contributed by atoms with Crippen LogP contribution < -0.4 is 0 Å². The van der Waals surface area contributed by atoms with E-state index in [0.29, 0.717) is 29.9 Å². The van der Waals surface area contributed by atoms with Crippen molar-refractivity contribution in [3.63, 3.8) is 0 Å². The monoisotopic (exact) mass is 557 g/mol. The van der Waals surface area contributed by atoms with Gasteiger partial charge in [-0.2, -0.15) is 5.10 Å². The number of carbonyl (C=O) groups is 2. The molecule has 3 aromatic rings. The second-order valence-electron chi connectivity index (χ2n) is 10.9. The zero-order valence-corrected chi connectivity index (χ0v) is 23.1. The van der Waals surface area contributed by atoms with Crippen LogP contribution in [-0.4, -0.2) is 54.1 Å². The van der Waals surface area contributed by atoms with Crippen molar-refractivity contribution in [2.24, 2.45) is 0 Å². The summed E-state index contributed by atoms with van der Waals surface area (Å²) in [6, 6.07) is 5.15. The number of fused-ring (bicyclic) bond motifs is 3. The molecule has 8 nitrogen and oxygen atoms in total. The number of halogens is 3. The molecule has 1 N–H and O–H groups in total. The van der Waals surface area contributed by atoms with Crippen molar-refractivity contribution in [1.82, 2.24) is 24.6 Å². The fourth-order valence-corrected chi connectivity index (χ4v) is 5.48. The summed E-state index contributed by atoms with van der Waals surface area (Å²) in [6.07, 6.45) is 2.04. The number of pyridine rings is 1. The standard InChI is InChI=1S/C28H30ClF2N5O3/c1-14-10-21-19(13-34(14)26(37)18-7-8-20(29)24(31)23(18)30)25-27(38)35(12-15(2)36(25)33-21)16(3)17-6-9-22(32-11-17)28(4,5)39/h6-9,11,14-16,39H,10,12-13H2,1-5H3/t14-,15-,16?/m1/s1. The van der Waals surface area contributed by atoms with Gasteiger partial charge in [0.2, 0.25) is 0 Å². The van der Waals surface area contributed by atoms with Crippen molar-refractivity contribution in [2.75, 3.05) is 6.54 Å². The molecule has 11 heteroatoms. The zero-order chi connectivity index (χ0) is 28.4. The summed E-state index contributed by atoms with van der Waals surface area (Å²) in [5, 5.41) is 14.6. The van der Waals surface area contributed by atoms with Crippen LogP contribution in [0.5, 0.6) is 0 Å². The van der Waals surface area contributed by atoms with Gasteiger partial charge in [-0.05, 0) is 58.4 Å². The molecule has 0 aliphatic carbocycles. The first-order chi connectivity index (χ1) is 18.3.